The molecule has 0 aliphatic carbocycles. The summed E-state index contributed by atoms with van der Waals surface area (Å²) in [6.45, 7) is 5.17. The van der Waals surface area contributed by atoms with E-state index in [1.807, 2.05) is 21.0 Å². The lowest BCUT2D eigenvalue weighted by atomic mass is 10.1. The number of hydrogen-bond donors (Lipinski definition) is 2. The third-order valence-electron chi connectivity index (χ3n) is 4.08. The van der Waals surface area contributed by atoms with E-state index >= 15 is 0 Å². The topological polar surface area (TPSA) is 64.3 Å². The zero-order valence-electron chi connectivity index (χ0n) is 13.5. The van der Waals surface area contributed by atoms with E-state index in [2.05, 4.69) is 20.4 Å². The van der Waals surface area contributed by atoms with E-state index < -0.39 is 0 Å². The Bertz CT molecular complexity index is 448. The summed E-state index contributed by atoms with van der Waals surface area (Å²) in [7, 11) is 3.90. The number of aromatic nitrogens is 2. The Morgan fingerprint density at radius 3 is 2.50 bits per heavy atom. The molecule has 1 saturated heterocycles. The third kappa shape index (κ3) is 5.76. The number of hydrogen-bond acceptors (Lipinski definition) is 4. The predicted octanol–water partition coefficient (Wildman–Crippen LogP) is 1.20. The second kappa shape index (κ2) is 10.0. The Labute approximate surface area is 144 Å². The number of carbonyl (C=O) groups is 1. The van der Waals surface area contributed by atoms with Crippen molar-refractivity contribution >= 4 is 30.7 Å². The molecule has 0 unspecified atom stereocenters. The summed E-state index contributed by atoms with van der Waals surface area (Å²) in [5.41, 5.74) is 2.10. The van der Waals surface area contributed by atoms with Gasteiger partial charge in [-0.25, -0.2) is 0 Å². The van der Waals surface area contributed by atoms with Crippen molar-refractivity contribution in [3.05, 3.63) is 17.5 Å². The fraction of sp³-hybridized carbons (Fsp3) is 0.714. The van der Waals surface area contributed by atoms with E-state index in [9.17, 15) is 4.79 Å². The molecule has 0 bridgehead atoms. The van der Waals surface area contributed by atoms with Crippen molar-refractivity contribution in [2.45, 2.75) is 32.4 Å². The van der Waals surface area contributed by atoms with Crippen LogP contribution in [0.4, 0.5) is 0 Å². The Kier molecular flexibility index (Phi) is 9.67. The number of nitrogens with one attached hydrogen (secondary N) is 2. The molecule has 1 aromatic heterocycles. The first kappa shape index (κ1) is 21.2. The number of carbonyl (C=O) groups excluding carboxylic acids is 1. The van der Waals surface area contributed by atoms with Crippen LogP contribution >= 0.6 is 24.8 Å². The molecule has 1 aliphatic rings. The first-order valence-corrected chi connectivity index (χ1v) is 7.21. The molecule has 0 aromatic carbocycles. The average Bonchev–Trinajstić information content (AvgIpc) is 2.85. The van der Waals surface area contributed by atoms with Gasteiger partial charge in [0.25, 0.3) is 0 Å². The summed E-state index contributed by atoms with van der Waals surface area (Å²) >= 11 is 0. The molecule has 1 fully saturated rings. The van der Waals surface area contributed by atoms with E-state index in [1.165, 1.54) is 0 Å². The van der Waals surface area contributed by atoms with Crippen LogP contribution in [0.15, 0.2) is 6.20 Å². The molecule has 0 saturated carbocycles. The van der Waals surface area contributed by atoms with Crippen LogP contribution < -0.4 is 5.32 Å². The molecule has 8 heteroatoms. The van der Waals surface area contributed by atoms with Gasteiger partial charge in [0, 0.05) is 30.9 Å². The number of nitrogens with zero attached hydrogens (tertiary/aromatic N) is 3. The summed E-state index contributed by atoms with van der Waals surface area (Å²) < 4.78 is 0. The highest BCUT2D eigenvalue weighted by Gasteiger charge is 2.21. The zero-order chi connectivity index (χ0) is 14.5. The minimum atomic E-state index is 0. The molecule has 1 aliphatic heterocycles. The van der Waals surface area contributed by atoms with Crippen LogP contribution in [0.25, 0.3) is 0 Å². The van der Waals surface area contributed by atoms with Crippen molar-refractivity contribution < 1.29 is 4.79 Å². The number of aromatic amines is 1. The van der Waals surface area contributed by atoms with Gasteiger partial charge in [-0.15, -0.1) is 24.8 Å². The Hall–Kier alpha value is -0.820. The number of rotatable bonds is 5. The number of H-pyrrole nitrogens is 1. The predicted molar refractivity (Wildman–Crippen MR) is 92.8 cm³/mol. The van der Waals surface area contributed by atoms with Crippen LogP contribution in [-0.2, 0) is 11.3 Å². The van der Waals surface area contributed by atoms with Crippen molar-refractivity contribution in [2.24, 2.45) is 0 Å². The highest BCUT2D eigenvalue weighted by Crippen LogP contribution is 2.11. The van der Waals surface area contributed by atoms with Gasteiger partial charge in [0.05, 0.1) is 12.7 Å². The Balaban J connectivity index is 0.00000220. The van der Waals surface area contributed by atoms with Crippen LogP contribution in [-0.4, -0.2) is 65.7 Å². The van der Waals surface area contributed by atoms with E-state index in [0.29, 0.717) is 19.1 Å². The van der Waals surface area contributed by atoms with Gasteiger partial charge in [-0.2, -0.15) is 5.10 Å². The minimum absolute atomic E-state index is 0. The molecule has 0 radical (unpaired) electrons. The molecule has 0 spiro atoms. The SMILES string of the molecule is Cc1[nH]ncc1CN(C)C(=O)CN(C)C1CCNCC1.Cl.Cl. The van der Waals surface area contributed by atoms with E-state index in [-0.39, 0.29) is 30.7 Å². The van der Waals surface area contributed by atoms with Gasteiger partial charge in [0.2, 0.25) is 5.91 Å². The normalized spacial score (nSPS) is 15.1. The molecule has 128 valence electrons. The molecular formula is C14H27Cl2N5O. The number of amides is 1. The molecule has 2 N–H and O–H groups in total. The number of likely N-dealkylation sites (N-methyl/N-ethyl adjacent to an activating group) is 2. The summed E-state index contributed by atoms with van der Waals surface area (Å²) in [6, 6.07) is 0.518. The van der Waals surface area contributed by atoms with Gasteiger partial charge in [-0.1, -0.05) is 0 Å². The molecule has 22 heavy (non-hydrogen) atoms. The summed E-state index contributed by atoms with van der Waals surface area (Å²) in [5.74, 6) is 0.159. The maximum atomic E-state index is 12.3. The molecule has 1 aromatic rings. The Morgan fingerprint density at radius 2 is 1.95 bits per heavy atom. The molecular weight excluding hydrogens is 325 g/mol. The maximum Gasteiger partial charge on any atom is 0.236 e. The summed E-state index contributed by atoms with van der Waals surface area (Å²) in [5, 5.41) is 10.2. The van der Waals surface area contributed by atoms with Crippen LogP contribution in [0.1, 0.15) is 24.1 Å². The highest BCUT2D eigenvalue weighted by atomic mass is 35.5. The van der Waals surface area contributed by atoms with Crippen LogP contribution in [0.3, 0.4) is 0 Å². The quantitative estimate of drug-likeness (QED) is 0.836. The minimum Gasteiger partial charge on any atom is -0.340 e. The lowest BCUT2D eigenvalue weighted by molar-refractivity contribution is -0.132. The van der Waals surface area contributed by atoms with Crippen LogP contribution in [0.5, 0.6) is 0 Å². The smallest absolute Gasteiger partial charge is 0.236 e. The number of aryl methyl sites for hydroxylation is 1. The lowest BCUT2D eigenvalue weighted by Gasteiger charge is -2.32. The average molecular weight is 352 g/mol. The van der Waals surface area contributed by atoms with Crippen molar-refractivity contribution in [3.63, 3.8) is 0 Å². The lowest BCUT2D eigenvalue weighted by Crippen LogP contribution is -2.45. The van der Waals surface area contributed by atoms with Crippen LogP contribution in [0.2, 0.25) is 0 Å². The largest absolute Gasteiger partial charge is 0.340 e. The first-order chi connectivity index (χ1) is 9.58. The number of halogens is 2. The molecule has 0 atom stereocenters. The second-order valence-corrected chi connectivity index (χ2v) is 5.67. The van der Waals surface area contributed by atoms with Gasteiger partial charge in [-0.05, 0) is 39.9 Å². The molecule has 2 heterocycles. The van der Waals surface area contributed by atoms with E-state index in [0.717, 1.165) is 37.2 Å². The third-order valence-corrected chi connectivity index (χ3v) is 4.08. The fourth-order valence-corrected chi connectivity index (χ4v) is 2.59. The first-order valence-electron chi connectivity index (χ1n) is 7.21. The van der Waals surface area contributed by atoms with Crippen molar-refractivity contribution in [3.8, 4) is 0 Å². The zero-order valence-corrected chi connectivity index (χ0v) is 15.1. The van der Waals surface area contributed by atoms with Crippen molar-refractivity contribution in [2.75, 3.05) is 33.7 Å². The fourth-order valence-electron chi connectivity index (χ4n) is 2.59. The van der Waals surface area contributed by atoms with Gasteiger partial charge < -0.3 is 10.2 Å². The van der Waals surface area contributed by atoms with Gasteiger partial charge in [0.1, 0.15) is 0 Å². The Morgan fingerprint density at radius 1 is 1.32 bits per heavy atom. The second-order valence-electron chi connectivity index (χ2n) is 5.67. The highest BCUT2D eigenvalue weighted by molar-refractivity contribution is 5.85. The van der Waals surface area contributed by atoms with Gasteiger partial charge in [-0.3, -0.25) is 14.8 Å². The number of piperidine rings is 1. The summed E-state index contributed by atoms with van der Waals surface area (Å²) in [4.78, 5) is 16.2. The van der Waals surface area contributed by atoms with Crippen molar-refractivity contribution in [1.29, 1.82) is 0 Å². The molecule has 6 nitrogen and oxygen atoms in total. The van der Waals surface area contributed by atoms with Crippen molar-refractivity contribution in [1.82, 2.24) is 25.3 Å². The van der Waals surface area contributed by atoms with Gasteiger partial charge >= 0.3 is 0 Å². The van der Waals surface area contributed by atoms with E-state index in [4.69, 9.17) is 0 Å². The monoisotopic (exact) mass is 351 g/mol. The molecule has 2 rings (SSSR count). The maximum absolute atomic E-state index is 12.3. The van der Waals surface area contributed by atoms with Crippen LogP contribution in [0, 0.1) is 6.92 Å². The standard InChI is InChI=1S/C14H25N5O.2ClH/c1-11-12(8-16-17-11)9-19(3)14(20)10-18(2)13-4-6-15-7-5-13;;/h8,13,15H,4-7,9-10H2,1-3H3,(H,16,17);2*1H. The van der Waals surface area contributed by atoms with E-state index in [1.54, 1.807) is 11.1 Å². The summed E-state index contributed by atoms with van der Waals surface area (Å²) in [6.07, 6.45) is 4.03. The van der Waals surface area contributed by atoms with Gasteiger partial charge in [0.15, 0.2) is 0 Å². The molecule has 1 amide bonds.